The average molecular weight is 572 g/mol. The van der Waals surface area contributed by atoms with Gasteiger partial charge >= 0.3 is 0 Å². The lowest BCUT2D eigenvalue weighted by atomic mass is 10.1. The molecule has 5 aromatic rings. The number of guanidine groups is 1. The Morgan fingerprint density at radius 1 is 0.649 bits per heavy atom. The largest absolute Gasteiger partial charge is 0.370 e. The van der Waals surface area contributed by atoms with Crippen LogP contribution in [0.5, 0.6) is 0 Å². The lowest BCUT2D eigenvalue weighted by Crippen LogP contribution is -2.32. The Kier molecular flexibility index (Phi) is 7.26. The molecule has 1 aromatic heterocycles. The van der Waals surface area contributed by atoms with Crippen molar-refractivity contribution in [2.75, 3.05) is 17.2 Å². The second-order valence-electron chi connectivity index (χ2n) is 8.46. The highest BCUT2D eigenvalue weighted by atomic mass is 35.5. The highest BCUT2D eigenvalue weighted by molar-refractivity contribution is 6.42. The van der Waals surface area contributed by atoms with Gasteiger partial charge in [0, 0.05) is 57.6 Å². The topological polar surface area (TPSA) is 90.9 Å². The van der Waals surface area contributed by atoms with Gasteiger partial charge in [-0.25, -0.2) is 0 Å². The number of hydrogen-bond donors (Lipinski definition) is 5. The maximum Gasteiger partial charge on any atom is 0.185 e. The maximum atomic E-state index is 7.48. The van der Waals surface area contributed by atoms with Crippen LogP contribution in [-0.4, -0.2) is 17.1 Å². The zero-order valence-electron chi connectivity index (χ0n) is 19.4. The molecule has 6 N–H and O–H groups in total. The SMILES string of the molecule is N=C(N)NCCn1c2ccc(Nc3ccc(Cl)c(Cl)c3)cc2c2cc(Nc3ccc(Cl)c(Cl)c3)ccc21. The molecule has 10 heteroatoms. The van der Waals surface area contributed by atoms with Crippen LogP contribution < -0.4 is 21.7 Å². The smallest absolute Gasteiger partial charge is 0.185 e. The molecule has 0 aliphatic heterocycles. The van der Waals surface area contributed by atoms with Gasteiger partial charge in [0.1, 0.15) is 0 Å². The summed E-state index contributed by atoms with van der Waals surface area (Å²) in [6.07, 6.45) is 0. The van der Waals surface area contributed by atoms with Crippen LogP contribution in [0.2, 0.25) is 20.1 Å². The number of hydrogen-bond acceptors (Lipinski definition) is 3. The minimum absolute atomic E-state index is 0.0537. The number of nitrogens with one attached hydrogen (secondary N) is 4. The first-order valence-electron chi connectivity index (χ1n) is 11.4. The molecule has 0 unspecified atom stereocenters. The van der Waals surface area contributed by atoms with Crippen molar-refractivity contribution in [3.05, 3.63) is 92.9 Å². The van der Waals surface area contributed by atoms with Gasteiger partial charge in [0.15, 0.2) is 5.96 Å². The lowest BCUT2D eigenvalue weighted by Gasteiger charge is -2.10. The molecule has 0 saturated heterocycles. The number of halogens is 4. The molecule has 4 aromatic carbocycles. The third kappa shape index (κ3) is 5.53. The van der Waals surface area contributed by atoms with Crippen molar-refractivity contribution in [1.29, 1.82) is 5.41 Å². The number of nitrogens with zero attached hydrogens (tertiary/aromatic N) is 1. The average Bonchev–Trinajstić information content (AvgIpc) is 3.16. The summed E-state index contributed by atoms with van der Waals surface area (Å²) in [6, 6.07) is 23.3. The van der Waals surface area contributed by atoms with Gasteiger partial charge < -0.3 is 26.3 Å². The van der Waals surface area contributed by atoms with Gasteiger partial charge in [-0.1, -0.05) is 46.4 Å². The number of nitrogens with two attached hydrogens (primary N) is 1. The molecule has 0 spiro atoms. The van der Waals surface area contributed by atoms with E-state index in [0.717, 1.165) is 44.6 Å². The predicted molar refractivity (Wildman–Crippen MR) is 159 cm³/mol. The summed E-state index contributed by atoms with van der Waals surface area (Å²) in [6.45, 7) is 1.17. The molecule has 0 amide bonds. The fraction of sp³-hybridized carbons (Fsp3) is 0.0741. The summed E-state index contributed by atoms with van der Waals surface area (Å²) in [5.41, 5.74) is 11.1. The van der Waals surface area contributed by atoms with E-state index in [1.54, 1.807) is 24.3 Å². The fourth-order valence-corrected chi connectivity index (χ4v) is 4.88. The first kappa shape index (κ1) is 25.4. The van der Waals surface area contributed by atoms with Crippen LogP contribution in [0.15, 0.2) is 72.8 Å². The molecule has 37 heavy (non-hydrogen) atoms. The van der Waals surface area contributed by atoms with E-state index >= 15 is 0 Å². The van der Waals surface area contributed by atoms with Gasteiger partial charge in [0.25, 0.3) is 0 Å². The van der Waals surface area contributed by atoms with Gasteiger partial charge in [-0.15, -0.1) is 0 Å². The van der Waals surface area contributed by atoms with Crippen molar-refractivity contribution < 1.29 is 0 Å². The Morgan fingerprint density at radius 3 is 1.51 bits per heavy atom. The number of fused-ring (bicyclic) bond motifs is 3. The van der Waals surface area contributed by atoms with E-state index in [0.29, 0.717) is 33.2 Å². The summed E-state index contributed by atoms with van der Waals surface area (Å²) in [7, 11) is 0. The highest BCUT2D eigenvalue weighted by Gasteiger charge is 2.13. The quantitative estimate of drug-likeness (QED) is 0.100. The first-order valence-corrected chi connectivity index (χ1v) is 12.9. The van der Waals surface area contributed by atoms with Crippen LogP contribution in [0.4, 0.5) is 22.7 Å². The summed E-state index contributed by atoms with van der Waals surface area (Å²) >= 11 is 24.5. The summed E-state index contributed by atoms with van der Waals surface area (Å²) in [5, 5.41) is 21.3. The van der Waals surface area contributed by atoms with Gasteiger partial charge in [-0.3, -0.25) is 5.41 Å². The molecule has 0 bridgehead atoms. The van der Waals surface area contributed by atoms with Crippen LogP contribution in [0.1, 0.15) is 0 Å². The van der Waals surface area contributed by atoms with E-state index in [4.69, 9.17) is 57.5 Å². The van der Waals surface area contributed by atoms with Crippen molar-refractivity contribution in [1.82, 2.24) is 9.88 Å². The molecule has 0 saturated carbocycles. The Hall–Kier alpha value is -3.29. The van der Waals surface area contributed by atoms with Gasteiger partial charge in [-0.2, -0.15) is 0 Å². The van der Waals surface area contributed by atoms with E-state index in [1.165, 1.54) is 0 Å². The van der Waals surface area contributed by atoms with Gasteiger partial charge in [0.2, 0.25) is 0 Å². The zero-order valence-corrected chi connectivity index (χ0v) is 22.4. The van der Waals surface area contributed by atoms with Crippen LogP contribution >= 0.6 is 46.4 Å². The molecule has 188 valence electrons. The second-order valence-corrected chi connectivity index (χ2v) is 10.1. The van der Waals surface area contributed by atoms with Crippen LogP contribution in [0, 0.1) is 5.41 Å². The third-order valence-corrected chi connectivity index (χ3v) is 7.41. The second kappa shape index (κ2) is 10.6. The summed E-state index contributed by atoms with van der Waals surface area (Å²) < 4.78 is 2.21. The van der Waals surface area contributed by atoms with E-state index in [-0.39, 0.29) is 5.96 Å². The van der Waals surface area contributed by atoms with Crippen molar-refractivity contribution in [2.24, 2.45) is 5.73 Å². The predicted octanol–water partition coefficient (Wildman–Crippen LogP) is 8.38. The molecule has 0 atom stereocenters. The molecular weight excluding hydrogens is 550 g/mol. The third-order valence-electron chi connectivity index (χ3n) is 5.93. The Balaban J connectivity index is 1.56. The fourth-order valence-electron chi connectivity index (χ4n) is 4.28. The molecule has 0 radical (unpaired) electrons. The summed E-state index contributed by atoms with van der Waals surface area (Å²) in [4.78, 5) is 0. The van der Waals surface area contributed by atoms with Crippen molar-refractivity contribution in [3.63, 3.8) is 0 Å². The molecule has 6 nitrogen and oxygen atoms in total. The highest BCUT2D eigenvalue weighted by Crippen LogP contribution is 2.35. The standard InChI is InChI=1S/C27H22Cl4N6/c28-21-5-1-17(13-23(21)30)35-15-3-7-25-19(11-15)20-12-16(36-18-2-6-22(29)24(31)14-18)4-8-26(20)37(25)10-9-34-27(32)33/h1-8,11-14,35-36H,9-10H2,(H4,32,33,34). The van der Waals surface area contributed by atoms with Crippen LogP contribution in [0.25, 0.3) is 21.8 Å². The minimum atomic E-state index is -0.0537. The van der Waals surface area contributed by atoms with E-state index in [9.17, 15) is 0 Å². The number of aromatic nitrogens is 1. The van der Waals surface area contributed by atoms with E-state index in [1.807, 2.05) is 24.3 Å². The van der Waals surface area contributed by atoms with Crippen LogP contribution in [-0.2, 0) is 6.54 Å². The molecule has 0 aliphatic carbocycles. The monoisotopic (exact) mass is 570 g/mol. The Morgan fingerprint density at radius 2 is 1.08 bits per heavy atom. The summed E-state index contributed by atoms with van der Waals surface area (Å²) in [5.74, 6) is -0.0537. The Bertz CT molecular complexity index is 1540. The van der Waals surface area contributed by atoms with Gasteiger partial charge in [0.05, 0.1) is 20.1 Å². The number of anilines is 4. The molecule has 1 heterocycles. The van der Waals surface area contributed by atoms with Crippen molar-refractivity contribution in [2.45, 2.75) is 6.54 Å². The van der Waals surface area contributed by atoms with Crippen molar-refractivity contribution >= 4 is 96.9 Å². The maximum absolute atomic E-state index is 7.48. The molecular formula is C27H22Cl4N6. The van der Waals surface area contributed by atoms with Crippen LogP contribution in [0.3, 0.4) is 0 Å². The number of benzene rings is 4. The normalized spacial score (nSPS) is 11.1. The lowest BCUT2D eigenvalue weighted by molar-refractivity contribution is 0.709. The number of rotatable bonds is 7. The van der Waals surface area contributed by atoms with Crippen molar-refractivity contribution in [3.8, 4) is 0 Å². The van der Waals surface area contributed by atoms with E-state index < -0.39 is 0 Å². The Labute approximate surface area is 233 Å². The molecule has 5 rings (SSSR count). The van der Waals surface area contributed by atoms with E-state index in [2.05, 4.69) is 44.8 Å². The molecule has 0 fully saturated rings. The van der Waals surface area contributed by atoms with Gasteiger partial charge in [-0.05, 0) is 72.8 Å². The first-order chi connectivity index (χ1) is 17.8. The minimum Gasteiger partial charge on any atom is -0.370 e. The molecule has 0 aliphatic rings. The zero-order chi connectivity index (χ0) is 26.1.